The predicted octanol–water partition coefficient (Wildman–Crippen LogP) is 4.00. The fourth-order valence-corrected chi connectivity index (χ4v) is 5.67. The Hall–Kier alpha value is -1.34. The van der Waals surface area contributed by atoms with Crippen LogP contribution in [-0.2, 0) is 24.2 Å². The highest BCUT2D eigenvalue weighted by Gasteiger charge is 2.24. The number of aromatic nitrogens is 2. The van der Waals surface area contributed by atoms with Crippen molar-refractivity contribution >= 4 is 39.2 Å². The molecule has 2 aromatic heterocycles. The molecule has 1 aliphatic rings. The van der Waals surface area contributed by atoms with E-state index in [1.54, 1.807) is 15.9 Å². The highest BCUT2D eigenvalue weighted by molar-refractivity contribution is 8.00. The molecule has 1 N–H and O–H groups in total. The lowest BCUT2D eigenvalue weighted by molar-refractivity contribution is -0.120. The van der Waals surface area contributed by atoms with E-state index in [-0.39, 0.29) is 16.7 Å². The maximum Gasteiger partial charge on any atom is 0.263 e. The van der Waals surface area contributed by atoms with Crippen molar-refractivity contribution in [2.75, 3.05) is 6.54 Å². The number of nitrogens with one attached hydrogen (secondary N) is 1. The molecule has 0 fully saturated rings. The summed E-state index contributed by atoms with van der Waals surface area (Å²) in [5.74, 6) is 0.569. The molecular formula is C20H29N3O2S2. The minimum Gasteiger partial charge on any atom is -0.355 e. The number of rotatable bonds is 8. The Morgan fingerprint density at radius 1 is 1.33 bits per heavy atom. The lowest BCUT2D eigenvalue weighted by atomic mass is 10.1. The van der Waals surface area contributed by atoms with Gasteiger partial charge in [0.25, 0.3) is 5.56 Å². The Kier molecular flexibility index (Phi) is 6.63. The van der Waals surface area contributed by atoms with Crippen LogP contribution < -0.4 is 10.9 Å². The molecule has 2 heterocycles. The molecule has 0 bridgehead atoms. The maximum absolute atomic E-state index is 13.2. The van der Waals surface area contributed by atoms with Gasteiger partial charge in [-0.05, 0) is 50.5 Å². The van der Waals surface area contributed by atoms with E-state index in [9.17, 15) is 9.59 Å². The van der Waals surface area contributed by atoms with Gasteiger partial charge in [-0.1, -0.05) is 32.5 Å². The van der Waals surface area contributed by atoms with Crippen LogP contribution in [0, 0.1) is 5.92 Å². The fraction of sp³-hybridized carbons (Fsp3) is 0.650. The van der Waals surface area contributed by atoms with Crippen LogP contribution in [0.2, 0.25) is 0 Å². The molecule has 3 rings (SSSR count). The normalized spacial score (nSPS) is 14.7. The van der Waals surface area contributed by atoms with E-state index in [4.69, 9.17) is 4.98 Å². The number of hydrogen-bond donors (Lipinski definition) is 1. The van der Waals surface area contributed by atoms with Crippen LogP contribution in [0.5, 0.6) is 0 Å². The quantitative estimate of drug-likeness (QED) is 0.531. The highest BCUT2D eigenvalue weighted by atomic mass is 32.2. The van der Waals surface area contributed by atoms with Gasteiger partial charge in [-0.25, -0.2) is 4.98 Å². The van der Waals surface area contributed by atoms with Gasteiger partial charge in [-0.15, -0.1) is 11.3 Å². The van der Waals surface area contributed by atoms with E-state index in [1.165, 1.54) is 22.2 Å². The van der Waals surface area contributed by atoms with Crippen LogP contribution in [0.15, 0.2) is 9.95 Å². The Morgan fingerprint density at radius 3 is 2.81 bits per heavy atom. The summed E-state index contributed by atoms with van der Waals surface area (Å²) in [4.78, 5) is 32.6. The molecule has 0 radical (unpaired) electrons. The minimum atomic E-state index is -0.281. The molecule has 1 amide bonds. The average Bonchev–Trinajstić information content (AvgIpc) is 3.18. The van der Waals surface area contributed by atoms with E-state index < -0.39 is 0 Å². The number of amides is 1. The van der Waals surface area contributed by atoms with Gasteiger partial charge in [0.2, 0.25) is 5.91 Å². The monoisotopic (exact) mass is 407 g/mol. The number of aryl methyl sites for hydroxylation is 2. The van der Waals surface area contributed by atoms with Crippen LogP contribution in [0.4, 0.5) is 0 Å². The number of nitrogens with zero attached hydrogens (tertiary/aromatic N) is 2. The topological polar surface area (TPSA) is 64.0 Å². The number of hydrogen-bond acceptors (Lipinski definition) is 5. The molecule has 1 unspecified atom stereocenters. The van der Waals surface area contributed by atoms with Gasteiger partial charge in [0.05, 0.1) is 10.6 Å². The highest BCUT2D eigenvalue weighted by Crippen LogP contribution is 2.36. The van der Waals surface area contributed by atoms with Gasteiger partial charge >= 0.3 is 0 Å². The van der Waals surface area contributed by atoms with Crippen molar-refractivity contribution in [3.63, 3.8) is 0 Å². The van der Waals surface area contributed by atoms with Crippen molar-refractivity contribution in [3.05, 3.63) is 20.8 Å². The first-order valence-corrected chi connectivity index (χ1v) is 11.6. The maximum atomic E-state index is 13.2. The number of carbonyl (C=O) groups excluding carboxylic acids is 1. The lowest BCUT2D eigenvalue weighted by Crippen LogP contribution is -2.33. The minimum absolute atomic E-state index is 0.00622. The molecule has 2 aromatic rings. The molecule has 27 heavy (non-hydrogen) atoms. The van der Waals surface area contributed by atoms with Crippen molar-refractivity contribution in [2.24, 2.45) is 5.92 Å². The van der Waals surface area contributed by atoms with Crippen LogP contribution in [0.3, 0.4) is 0 Å². The van der Waals surface area contributed by atoms with Gasteiger partial charge in [0.1, 0.15) is 4.83 Å². The first kappa shape index (κ1) is 20.4. The molecular weight excluding hydrogens is 378 g/mol. The van der Waals surface area contributed by atoms with E-state index >= 15 is 0 Å². The molecule has 0 spiro atoms. The largest absolute Gasteiger partial charge is 0.355 e. The first-order chi connectivity index (χ1) is 12.9. The third-order valence-electron chi connectivity index (χ3n) is 4.91. The summed E-state index contributed by atoms with van der Waals surface area (Å²) in [5, 5.41) is 4.20. The lowest BCUT2D eigenvalue weighted by Gasteiger charge is -2.16. The SMILES string of the molecule is CCCn1c(SC(C)C(=O)NCCC(C)C)nc2sc3c(c2c1=O)CCC3. The first-order valence-electron chi connectivity index (χ1n) is 9.91. The molecule has 0 aliphatic heterocycles. The van der Waals surface area contributed by atoms with E-state index in [0.717, 1.165) is 42.3 Å². The molecule has 1 aliphatic carbocycles. The Morgan fingerprint density at radius 2 is 2.11 bits per heavy atom. The van der Waals surface area contributed by atoms with E-state index in [0.29, 0.717) is 24.2 Å². The van der Waals surface area contributed by atoms with Gasteiger partial charge in [-0.2, -0.15) is 0 Å². The van der Waals surface area contributed by atoms with Crippen molar-refractivity contribution in [1.82, 2.24) is 14.9 Å². The molecule has 0 saturated heterocycles. The second-order valence-electron chi connectivity index (χ2n) is 7.62. The van der Waals surface area contributed by atoms with Crippen molar-refractivity contribution in [2.45, 2.75) is 76.8 Å². The summed E-state index contributed by atoms with van der Waals surface area (Å²) < 4.78 is 1.77. The Labute approximate surface area is 169 Å². The standard InChI is InChI=1S/C20H29N3O2S2/c1-5-11-23-19(25)16-14-7-6-8-15(14)27-18(16)22-20(23)26-13(4)17(24)21-10-9-12(2)3/h12-13H,5-11H2,1-4H3,(H,21,24). The summed E-state index contributed by atoms with van der Waals surface area (Å²) in [6, 6.07) is 0. The van der Waals surface area contributed by atoms with Crippen LogP contribution in [-0.4, -0.2) is 27.3 Å². The van der Waals surface area contributed by atoms with Gasteiger partial charge in [0, 0.05) is 18.0 Å². The second kappa shape index (κ2) is 8.78. The number of carbonyl (C=O) groups is 1. The van der Waals surface area contributed by atoms with Crippen molar-refractivity contribution < 1.29 is 4.79 Å². The number of thioether (sulfide) groups is 1. The van der Waals surface area contributed by atoms with Gasteiger partial charge < -0.3 is 5.32 Å². The van der Waals surface area contributed by atoms with Crippen LogP contribution >= 0.6 is 23.1 Å². The van der Waals surface area contributed by atoms with Crippen LogP contribution in [0.25, 0.3) is 10.2 Å². The zero-order chi connectivity index (χ0) is 19.6. The summed E-state index contributed by atoms with van der Waals surface area (Å²) >= 11 is 3.05. The zero-order valence-corrected chi connectivity index (χ0v) is 18.3. The van der Waals surface area contributed by atoms with Crippen molar-refractivity contribution in [1.29, 1.82) is 0 Å². The Balaban J connectivity index is 1.86. The smallest absolute Gasteiger partial charge is 0.263 e. The summed E-state index contributed by atoms with van der Waals surface area (Å²) in [6.45, 7) is 9.56. The number of fused-ring (bicyclic) bond motifs is 3. The molecule has 7 heteroatoms. The fourth-order valence-electron chi connectivity index (χ4n) is 3.41. The van der Waals surface area contributed by atoms with E-state index in [1.807, 2.05) is 6.92 Å². The molecule has 148 valence electrons. The second-order valence-corrected chi connectivity index (χ2v) is 10.0. The third-order valence-corrected chi connectivity index (χ3v) is 7.19. The summed E-state index contributed by atoms with van der Waals surface area (Å²) in [7, 11) is 0. The molecule has 1 atom stereocenters. The number of thiophene rings is 1. The van der Waals surface area contributed by atoms with Crippen LogP contribution in [0.1, 0.15) is 57.4 Å². The van der Waals surface area contributed by atoms with Gasteiger partial charge in [-0.3, -0.25) is 14.2 Å². The molecule has 5 nitrogen and oxygen atoms in total. The predicted molar refractivity (Wildman–Crippen MR) is 114 cm³/mol. The molecule has 0 saturated carbocycles. The third kappa shape index (κ3) is 4.40. The Bertz CT molecular complexity index is 885. The summed E-state index contributed by atoms with van der Waals surface area (Å²) in [6.07, 6.45) is 5.01. The molecule has 0 aromatic carbocycles. The van der Waals surface area contributed by atoms with Gasteiger partial charge in [0.15, 0.2) is 5.16 Å². The zero-order valence-electron chi connectivity index (χ0n) is 16.6. The van der Waals surface area contributed by atoms with Crippen molar-refractivity contribution in [3.8, 4) is 0 Å². The van der Waals surface area contributed by atoms with E-state index in [2.05, 4.69) is 26.1 Å². The average molecular weight is 408 g/mol. The summed E-state index contributed by atoms with van der Waals surface area (Å²) in [5.41, 5.74) is 1.28.